The minimum atomic E-state index is -0.0860. The van der Waals surface area contributed by atoms with Crippen LogP contribution in [-0.4, -0.2) is 21.8 Å². The molecule has 0 spiro atoms. The summed E-state index contributed by atoms with van der Waals surface area (Å²) in [5.74, 6) is 0. The maximum Gasteiger partial charge on any atom is 0.0946 e. The highest BCUT2D eigenvalue weighted by molar-refractivity contribution is 9.10. The Hall–Kier alpha value is -0.910. The molecular formula is C13H16BrClN4. The van der Waals surface area contributed by atoms with Gasteiger partial charge in [0.15, 0.2) is 0 Å². The number of aryl methyl sites for hydroxylation is 1. The summed E-state index contributed by atoms with van der Waals surface area (Å²) >= 11 is 9.81. The van der Waals surface area contributed by atoms with E-state index in [4.69, 9.17) is 11.6 Å². The Kier molecular flexibility index (Phi) is 4.96. The van der Waals surface area contributed by atoms with Crippen molar-refractivity contribution in [3.05, 3.63) is 45.4 Å². The Morgan fingerprint density at radius 3 is 2.95 bits per heavy atom. The van der Waals surface area contributed by atoms with Crippen LogP contribution in [-0.2, 0) is 6.54 Å². The van der Waals surface area contributed by atoms with E-state index in [2.05, 4.69) is 38.3 Å². The smallest absolute Gasteiger partial charge is 0.0946 e. The second-order valence-electron chi connectivity index (χ2n) is 4.19. The lowest BCUT2D eigenvalue weighted by Gasteiger charge is -2.19. The average Bonchev–Trinajstić information content (AvgIpc) is 2.75. The van der Waals surface area contributed by atoms with Crippen LogP contribution >= 0.6 is 27.5 Å². The second kappa shape index (κ2) is 6.50. The van der Waals surface area contributed by atoms with Crippen molar-refractivity contribution in [2.75, 3.05) is 7.05 Å². The van der Waals surface area contributed by atoms with Gasteiger partial charge in [0.25, 0.3) is 0 Å². The molecule has 2 rings (SSSR count). The van der Waals surface area contributed by atoms with Crippen molar-refractivity contribution in [3.63, 3.8) is 0 Å². The van der Waals surface area contributed by atoms with E-state index in [1.807, 2.05) is 30.1 Å². The van der Waals surface area contributed by atoms with Crippen LogP contribution in [0, 0.1) is 0 Å². The molecular weight excluding hydrogens is 328 g/mol. The van der Waals surface area contributed by atoms with E-state index in [1.165, 1.54) is 0 Å². The number of rotatable bonds is 5. The maximum atomic E-state index is 6.25. The van der Waals surface area contributed by atoms with Gasteiger partial charge in [-0.15, -0.1) is 0 Å². The van der Waals surface area contributed by atoms with E-state index in [9.17, 15) is 0 Å². The molecule has 0 aliphatic carbocycles. The molecule has 19 heavy (non-hydrogen) atoms. The summed E-state index contributed by atoms with van der Waals surface area (Å²) in [4.78, 5) is 4.39. The van der Waals surface area contributed by atoms with Crippen molar-refractivity contribution < 1.29 is 0 Å². The third-order valence-electron chi connectivity index (χ3n) is 2.89. The van der Waals surface area contributed by atoms with E-state index in [0.717, 1.165) is 28.8 Å². The Balaban J connectivity index is 2.48. The number of pyridine rings is 1. The van der Waals surface area contributed by atoms with Gasteiger partial charge < -0.3 is 5.32 Å². The second-order valence-corrected chi connectivity index (χ2v) is 5.45. The van der Waals surface area contributed by atoms with Gasteiger partial charge in [-0.2, -0.15) is 5.10 Å². The molecule has 1 atom stereocenters. The van der Waals surface area contributed by atoms with Gasteiger partial charge in [-0.3, -0.25) is 9.67 Å². The molecule has 2 aromatic heterocycles. The molecule has 0 bridgehead atoms. The Bertz CT molecular complexity index is 555. The first-order valence-electron chi connectivity index (χ1n) is 6.17. The summed E-state index contributed by atoms with van der Waals surface area (Å²) in [6.45, 7) is 2.99. The van der Waals surface area contributed by atoms with Gasteiger partial charge in [-0.1, -0.05) is 18.5 Å². The Morgan fingerprint density at radius 2 is 2.32 bits per heavy atom. The number of hydrogen-bond acceptors (Lipinski definition) is 3. The minimum Gasteiger partial charge on any atom is -0.307 e. The van der Waals surface area contributed by atoms with Crippen molar-refractivity contribution in [1.29, 1.82) is 0 Å². The van der Waals surface area contributed by atoms with Crippen molar-refractivity contribution in [3.8, 4) is 0 Å². The maximum absolute atomic E-state index is 6.25. The molecule has 0 saturated carbocycles. The number of hydrogen-bond donors (Lipinski definition) is 1. The van der Waals surface area contributed by atoms with Crippen LogP contribution in [0.25, 0.3) is 0 Å². The van der Waals surface area contributed by atoms with Crippen LogP contribution in [0.15, 0.2) is 29.0 Å². The molecule has 0 aliphatic rings. The van der Waals surface area contributed by atoms with E-state index in [-0.39, 0.29) is 6.04 Å². The molecule has 0 saturated heterocycles. The summed E-state index contributed by atoms with van der Waals surface area (Å²) in [6.07, 6.45) is 4.58. The average molecular weight is 344 g/mol. The number of aromatic nitrogens is 3. The third kappa shape index (κ3) is 2.99. The fraction of sp³-hybridized carbons (Fsp3) is 0.385. The third-order valence-corrected chi connectivity index (χ3v) is 3.82. The topological polar surface area (TPSA) is 42.7 Å². The zero-order valence-corrected chi connectivity index (χ0v) is 13.2. The first-order chi connectivity index (χ1) is 9.19. The Labute approximate surface area is 126 Å². The lowest BCUT2D eigenvalue weighted by Crippen LogP contribution is -2.23. The molecule has 0 fully saturated rings. The van der Waals surface area contributed by atoms with Crippen LogP contribution in [0.5, 0.6) is 0 Å². The molecule has 6 heteroatoms. The Morgan fingerprint density at radius 1 is 1.53 bits per heavy atom. The van der Waals surface area contributed by atoms with Gasteiger partial charge in [0.2, 0.25) is 0 Å². The molecule has 0 radical (unpaired) electrons. The first-order valence-corrected chi connectivity index (χ1v) is 7.35. The molecule has 2 heterocycles. The molecule has 0 amide bonds. The van der Waals surface area contributed by atoms with Gasteiger partial charge in [0, 0.05) is 12.7 Å². The first kappa shape index (κ1) is 14.5. The standard InChI is InChI=1S/C13H16BrClN4/c1-3-7-19-13(9(14)8-18-19)12(16-2)11-10(15)5-4-6-17-11/h4-6,8,12,16H,3,7H2,1-2H3. The molecule has 102 valence electrons. The number of halogens is 2. The van der Waals surface area contributed by atoms with Crippen molar-refractivity contribution in [1.82, 2.24) is 20.1 Å². The van der Waals surface area contributed by atoms with Gasteiger partial charge in [0.1, 0.15) is 0 Å². The quantitative estimate of drug-likeness (QED) is 0.904. The molecule has 4 nitrogen and oxygen atoms in total. The van der Waals surface area contributed by atoms with Gasteiger partial charge in [-0.25, -0.2) is 0 Å². The van der Waals surface area contributed by atoms with Gasteiger partial charge >= 0.3 is 0 Å². The van der Waals surface area contributed by atoms with Crippen LogP contribution in [0.4, 0.5) is 0 Å². The van der Waals surface area contributed by atoms with Crippen LogP contribution in [0.2, 0.25) is 5.02 Å². The predicted molar refractivity (Wildman–Crippen MR) is 80.4 cm³/mol. The molecule has 1 unspecified atom stereocenters. The summed E-state index contributed by atoms with van der Waals surface area (Å²) in [5.41, 5.74) is 1.86. The van der Waals surface area contributed by atoms with E-state index in [1.54, 1.807) is 6.20 Å². The molecule has 0 aromatic carbocycles. The monoisotopic (exact) mass is 342 g/mol. The van der Waals surface area contributed by atoms with Crippen molar-refractivity contribution >= 4 is 27.5 Å². The zero-order chi connectivity index (χ0) is 13.8. The highest BCUT2D eigenvalue weighted by atomic mass is 79.9. The normalized spacial score (nSPS) is 12.6. The lowest BCUT2D eigenvalue weighted by atomic mass is 10.1. The zero-order valence-electron chi connectivity index (χ0n) is 10.9. The SMILES string of the molecule is CCCn1ncc(Br)c1C(NC)c1ncccc1Cl. The highest BCUT2D eigenvalue weighted by Gasteiger charge is 2.23. The number of nitrogens with one attached hydrogen (secondary N) is 1. The van der Waals surface area contributed by atoms with E-state index < -0.39 is 0 Å². The van der Waals surface area contributed by atoms with Gasteiger partial charge in [0.05, 0.1) is 33.1 Å². The summed E-state index contributed by atoms with van der Waals surface area (Å²) in [6, 6.07) is 3.59. The lowest BCUT2D eigenvalue weighted by molar-refractivity contribution is 0.528. The fourth-order valence-electron chi connectivity index (χ4n) is 2.06. The van der Waals surface area contributed by atoms with Crippen LogP contribution in [0.1, 0.15) is 30.8 Å². The fourth-order valence-corrected chi connectivity index (χ4v) is 2.82. The summed E-state index contributed by atoms with van der Waals surface area (Å²) < 4.78 is 2.94. The summed E-state index contributed by atoms with van der Waals surface area (Å²) in [5, 5.41) is 8.30. The number of nitrogens with zero attached hydrogens (tertiary/aromatic N) is 3. The largest absolute Gasteiger partial charge is 0.307 e. The van der Waals surface area contributed by atoms with Crippen molar-refractivity contribution in [2.45, 2.75) is 25.9 Å². The molecule has 0 aliphatic heterocycles. The van der Waals surface area contributed by atoms with Gasteiger partial charge in [-0.05, 0) is 41.5 Å². The van der Waals surface area contributed by atoms with Crippen LogP contribution in [0.3, 0.4) is 0 Å². The van der Waals surface area contributed by atoms with Crippen molar-refractivity contribution in [2.24, 2.45) is 0 Å². The minimum absolute atomic E-state index is 0.0860. The van der Waals surface area contributed by atoms with E-state index in [0.29, 0.717) is 5.02 Å². The van der Waals surface area contributed by atoms with E-state index >= 15 is 0 Å². The van der Waals surface area contributed by atoms with Crippen LogP contribution < -0.4 is 5.32 Å². The molecule has 1 N–H and O–H groups in total. The summed E-state index contributed by atoms with van der Waals surface area (Å²) in [7, 11) is 1.89. The predicted octanol–water partition coefficient (Wildman–Crippen LogP) is 3.41. The molecule has 2 aromatic rings. The highest BCUT2D eigenvalue weighted by Crippen LogP contribution is 2.30.